The molecule has 0 spiro atoms. The Balaban J connectivity index is 2.23. The average Bonchev–Trinajstić information content (AvgIpc) is 2.67. The SMILES string of the molecule is CCCCCCCCCC(=O)N[C@H](CC(=O)NCCc1ccccc1)C(N)=O. The summed E-state index contributed by atoms with van der Waals surface area (Å²) >= 11 is 0. The van der Waals surface area contributed by atoms with Crippen LogP contribution in [0.2, 0.25) is 0 Å². The number of amides is 3. The van der Waals surface area contributed by atoms with Crippen LogP contribution in [-0.2, 0) is 20.8 Å². The molecule has 1 rings (SSSR count). The largest absolute Gasteiger partial charge is 0.368 e. The first-order valence-electron chi connectivity index (χ1n) is 10.4. The first kappa shape index (κ1) is 23.7. The molecule has 0 saturated carbocycles. The highest BCUT2D eigenvalue weighted by molar-refractivity contribution is 5.91. The fourth-order valence-corrected chi connectivity index (χ4v) is 2.98. The molecule has 0 saturated heterocycles. The van der Waals surface area contributed by atoms with Crippen LogP contribution in [0.1, 0.15) is 70.3 Å². The zero-order chi connectivity index (χ0) is 20.6. The fraction of sp³-hybridized carbons (Fsp3) is 0.591. The fourth-order valence-electron chi connectivity index (χ4n) is 2.98. The Morgan fingerprint density at radius 3 is 2.21 bits per heavy atom. The Hall–Kier alpha value is -2.37. The van der Waals surface area contributed by atoms with Gasteiger partial charge in [-0.15, -0.1) is 0 Å². The molecular formula is C22H35N3O3. The zero-order valence-electron chi connectivity index (χ0n) is 17.0. The molecule has 4 N–H and O–H groups in total. The summed E-state index contributed by atoms with van der Waals surface area (Å²) < 4.78 is 0. The third-order valence-electron chi connectivity index (χ3n) is 4.65. The standard InChI is InChI=1S/C22H35N3O3/c1-2-3-4-5-6-7-11-14-20(26)25-19(22(23)28)17-21(27)24-16-15-18-12-9-8-10-13-18/h8-10,12-13,19H,2-7,11,14-17H2,1H3,(H2,23,28)(H,24,27)(H,25,26)/t19-/m1/s1. The van der Waals surface area contributed by atoms with Crippen molar-refractivity contribution < 1.29 is 14.4 Å². The molecule has 0 aliphatic carbocycles. The average molecular weight is 390 g/mol. The maximum absolute atomic E-state index is 12.0. The first-order valence-corrected chi connectivity index (χ1v) is 10.4. The van der Waals surface area contributed by atoms with Gasteiger partial charge in [-0.1, -0.05) is 75.8 Å². The van der Waals surface area contributed by atoms with Crippen molar-refractivity contribution in [1.82, 2.24) is 10.6 Å². The third-order valence-corrected chi connectivity index (χ3v) is 4.65. The lowest BCUT2D eigenvalue weighted by Gasteiger charge is -2.15. The van der Waals surface area contributed by atoms with E-state index in [1.807, 2.05) is 30.3 Å². The predicted molar refractivity (Wildman–Crippen MR) is 112 cm³/mol. The lowest BCUT2D eigenvalue weighted by atomic mass is 10.1. The normalized spacial score (nSPS) is 11.6. The summed E-state index contributed by atoms with van der Waals surface area (Å²) in [5.74, 6) is -1.21. The van der Waals surface area contributed by atoms with Crippen LogP contribution in [0.15, 0.2) is 30.3 Å². The van der Waals surface area contributed by atoms with E-state index in [1.54, 1.807) is 0 Å². The molecule has 6 nitrogen and oxygen atoms in total. The minimum Gasteiger partial charge on any atom is -0.368 e. The van der Waals surface area contributed by atoms with Gasteiger partial charge in [0.05, 0.1) is 6.42 Å². The van der Waals surface area contributed by atoms with Crippen LogP contribution in [-0.4, -0.2) is 30.3 Å². The summed E-state index contributed by atoms with van der Waals surface area (Å²) in [6.07, 6.45) is 8.75. The van der Waals surface area contributed by atoms with E-state index in [9.17, 15) is 14.4 Å². The highest BCUT2D eigenvalue weighted by Crippen LogP contribution is 2.08. The highest BCUT2D eigenvalue weighted by Gasteiger charge is 2.21. The van der Waals surface area contributed by atoms with Crippen molar-refractivity contribution in [2.24, 2.45) is 5.73 Å². The molecule has 0 aliphatic heterocycles. The van der Waals surface area contributed by atoms with Crippen molar-refractivity contribution >= 4 is 17.7 Å². The zero-order valence-corrected chi connectivity index (χ0v) is 17.0. The second-order valence-corrected chi connectivity index (χ2v) is 7.18. The van der Waals surface area contributed by atoms with Gasteiger partial charge >= 0.3 is 0 Å². The van der Waals surface area contributed by atoms with E-state index in [1.165, 1.54) is 25.7 Å². The van der Waals surface area contributed by atoms with Crippen molar-refractivity contribution in [1.29, 1.82) is 0 Å². The Morgan fingerprint density at radius 2 is 1.57 bits per heavy atom. The summed E-state index contributed by atoms with van der Waals surface area (Å²) in [5.41, 5.74) is 6.46. The second kappa shape index (κ2) is 14.7. The van der Waals surface area contributed by atoms with Gasteiger partial charge in [-0.3, -0.25) is 14.4 Å². The molecule has 0 radical (unpaired) electrons. The van der Waals surface area contributed by atoms with E-state index in [2.05, 4.69) is 17.6 Å². The molecule has 0 bridgehead atoms. The molecule has 1 atom stereocenters. The molecule has 0 fully saturated rings. The van der Waals surface area contributed by atoms with Gasteiger partial charge in [-0.2, -0.15) is 0 Å². The van der Waals surface area contributed by atoms with Crippen LogP contribution < -0.4 is 16.4 Å². The summed E-state index contributed by atoms with van der Waals surface area (Å²) in [4.78, 5) is 35.6. The van der Waals surface area contributed by atoms with E-state index < -0.39 is 11.9 Å². The van der Waals surface area contributed by atoms with Gasteiger partial charge in [0.1, 0.15) is 6.04 Å². The highest BCUT2D eigenvalue weighted by atomic mass is 16.2. The van der Waals surface area contributed by atoms with Crippen LogP contribution in [0.5, 0.6) is 0 Å². The van der Waals surface area contributed by atoms with Gasteiger partial charge in [0, 0.05) is 13.0 Å². The molecule has 6 heteroatoms. The van der Waals surface area contributed by atoms with Crippen LogP contribution in [0, 0.1) is 0 Å². The summed E-state index contributed by atoms with van der Waals surface area (Å²) in [6, 6.07) is 8.84. The molecule has 3 amide bonds. The Bertz CT molecular complexity index is 590. The van der Waals surface area contributed by atoms with E-state index in [-0.39, 0.29) is 18.2 Å². The van der Waals surface area contributed by atoms with Gasteiger partial charge in [0.25, 0.3) is 0 Å². The summed E-state index contributed by atoms with van der Waals surface area (Å²) in [6.45, 7) is 2.66. The maximum atomic E-state index is 12.0. The summed E-state index contributed by atoms with van der Waals surface area (Å²) in [5, 5.41) is 5.36. The van der Waals surface area contributed by atoms with E-state index in [0.717, 1.165) is 24.8 Å². The minimum absolute atomic E-state index is 0.132. The summed E-state index contributed by atoms with van der Waals surface area (Å²) in [7, 11) is 0. The Kier molecular flexibility index (Phi) is 12.4. The number of primary amides is 1. The van der Waals surface area contributed by atoms with Crippen molar-refractivity contribution in [2.75, 3.05) is 6.54 Å². The predicted octanol–water partition coefficient (Wildman–Crippen LogP) is 2.85. The van der Waals surface area contributed by atoms with Gasteiger partial charge < -0.3 is 16.4 Å². The molecule has 28 heavy (non-hydrogen) atoms. The number of rotatable bonds is 15. The lowest BCUT2D eigenvalue weighted by molar-refractivity contribution is -0.130. The molecule has 156 valence electrons. The van der Waals surface area contributed by atoms with E-state index >= 15 is 0 Å². The molecule has 0 unspecified atom stereocenters. The van der Waals surface area contributed by atoms with Crippen LogP contribution in [0.25, 0.3) is 0 Å². The first-order chi connectivity index (χ1) is 13.5. The van der Waals surface area contributed by atoms with E-state index in [0.29, 0.717) is 19.4 Å². The maximum Gasteiger partial charge on any atom is 0.240 e. The minimum atomic E-state index is -0.964. The molecule has 0 aliphatic rings. The van der Waals surface area contributed by atoms with Crippen molar-refractivity contribution in [2.45, 2.75) is 77.2 Å². The number of nitrogens with two attached hydrogens (primary N) is 1. The topological polar surface area (TPSA) is 101 Å². The number of hydrogen-bond donors (Lipinski definition) is 3. The number of nitrogens with one attached hydrogen (secondary N) is 2. The van der Waals surface area contributed by atoms with Crippen LogP contribution in [0.3, 0.4) is 0 Å². The van der Waals surface area contributed by atoms with Crippen LogP contribution >= 0.6 is 0 Å². The number of unbranched alkanes of at least 4 members (excludes halogenated alkanes) is 6. The number of benzene rings is 1. The van der Waals surface area contributed by atoms with Gasteiger partial charge in [0.2, 0.25) is 17.7 Å². The van der Waals surface area contributed by atoms with Gasteiger partial charge in [0.15, 0.2) is 0 Å². The quantitative estimate of drug-likeness (QED) is 0.402. The molecule has 0 aromatic heterocycles. The van der Waals surface area contributed by atoms with Gasteiger partial charge in [-0.05, 0) is 18.4 Å². The molecule has 1 aromatic carbocycles. The van der Waals surface area contributed by atoms with Gasteiger partial charge in [-0.25, -0.2) is 0 Å². The Morgan fingerprint density at radius 1 is 0.929 bits per heavy atom. The lowest BCUT2D eigenvalue weighted by Crippen LogP contribution is -2.47. The van der Waals surface area contributed by atoms with Crippen molar-refractivity contribution in [3.8, 4) is 0 Å². The number of carbonyl (C=O) groups is 3. The number of hydrogen-bond acceptors (Lipinski definition) is 3. The molecular weight excluding hydrogens is 354 g/mol. The monoisotopic (exact) mass is 389 g/mol. The van der Waals surface area contributed by atoms with Crippen molar-refractivity contribution in [3.63, 3.8) is 0 Å². The smallest absolute Gasteiger partial charge is 0.240 e. The number of carbonyl (C=O) groups excluding carboxylic acids is 3. The third kappa shape index (κ3) is 11.4. The molecule has 0 heterocycles. The van der Waals surface area contributed by atoms with E-state index in [4.69, 9.17) is 5.73 Å². The van der Waals surface area contributed by atoms with Crippen LogP contribution in [0.4, 0.5) is 0 Å². The Labute approximate surface area is 168 Å². The van der Waals surface area contributed by atoms with Crippen molar-refractivity contribution in [3.05, 3.63) is 35.9 Å². The second-order valence-electron chi connectivity index (χ2n) is 7.18. The molecule has 1 aromatic rings.